The summed E-state index contributed by atoms with van der Waals surface area (Å²) in [6, 6.07) is 9.58. The number of carbonyl (C=O) groups excluding carboxylic acids is 1. The van der Waals surface area contributed by atoms with Gasteiger partial charge in [-0.3, -0.25) is 0 Å². The summed E-state index contributed by atoms with van der Waals surface area (Å²) in [6.07, 6.45) is 0. The molecule has 0 saturated heterocycles. The summed E-state index contributed by atoms with van der Waals surface area (Å²) in [7, 11) is 1.58. The molecule has 0 aliphatic carbocycles. The molecular weight excluding hydrogens is 247 g/mol. The Balaban J connectivity index is 3.02. The van der Waals surface area contributed by atoms with Crippen LogP contribution in [-0.4, -0.2) is 30.7 Å². The predicted molar refractivity (Wildman–Crippen MR) is 44.5 cm³/mol. The first kappa shape index (κ1) is 8.65. The van der Waals surface area contributed by atoms with Gasteiger partial charge in [0.15, 0.2) is 0 Å². The van der Waals surface area contributed by atoms with E-state index in [1.165, 1.54) is 0 Å². The fourth-order valence-electron chi connectivity index (χ4n) is 0.808. The Morgan fingerprint density at radius 2 is 2.00 bits per heavy atom. The van der Waals surface area contributed by atoms with Crippen LogP contribution < -0.4 is 3.58 Å². The van der Waals surface area contributed by atoms with Crippen LogP contribution >= 0.6 is 0 Å². The van der Waals surface area contributed by atoms with Crippen molar-refractivity contribution in [3.63, 3.8) is 0 Å². The zero-order valence-corrected chi connectivity index (χ0v) is 9.06. The van der Waals surface area contributed by atoms with Crippen LogP contribution in [0.2, 0.25) is 0 Å². The molecule has 0 atom stereocenters. The maximum atomic E-state index is 10.4. The second kappa shape index (κ2) is 4.44. The summed E-state index contributed by atoms with van der Waals surface area (Å²) < 4.78 is 8.09. The van der Waals surface area contributed by atoms with E-state index in [1.807, 2.05) is 34.2 Å². The molecule has 1 aromatic carbocycles. The second-order valence-electron chi connectivity index (χ2n) is 2.00. The van der Waals surface area contributed by atoms with Gasteiger partial charge in [-0.1, -0.05) is 0 Å². The molecule has 0 heterocycles. The fourth-order valence-corrected chi connectivity index (χ4v) is 3.47. The average molecular weight is 255 g/mol. The molecule has 56 valence electrons. The molecule has 0 N–H and O–H groups in total. The van der Waals surface area contributed by atoms with Crippen LogP contribution in [-0.2, 0) is 7.87 Å². The SMILES string of the molecule is C[O][Sn](=[C]=O)[c]1ccccc1. The van der Waals surface area contributed by atoms with E-state index in [0.29, 0.717) is 0 Å². The van der Waals surface area contributed by atoms with E-state index in [1.54, 1.807) is 7.11 Å². The van der Waals surface area contributed by atoms with Gasteiger partial charge in [-0.2, -0.15) is 0 Å². The van der Waals surface area contributed by atoms with Crippen molar-refractivity contribution < 1.29 is 7.87 Å². The van der Waals surface area contributed by atoms with Crippen molar-refractivity contribution >= 4 is 27.2 Å². The Kier molecular flexibility index (Phi) is 3.49. The van der Waals surface area contributed by atoms with E-state index < -0.39 is 19.7 Å². The Hall–Kier alpha value is -0.441. The Labute approximate surface area is 72.6 Å². The standard InChI is InChI=1S/C6H5.CH3O.CO.Sn/c1-2-4-6-5-3-1;2*1-2;/h1-5H;1H3;;/q;-1;;+1. The molecule has 2 nitrogen and oxygen atoms in total. The zero-order valence-electron chi connectivity index (χ0n) is 6.20. The molecule has 3 heteroatoms. The Morgan fingerprint density at radius 3 is 2.45 bits per heavy atom. The van der Waals surface area contributed by atoms with Crippen LogP contribution in [0, 0.1) is 0 Å². The van der Waals surface area contributed by atoms with E-state index in [0.717, 1.165) is 3.58 Å². The predicted octanol–water partition coefficient (Wildman–Crippen LogP) is 0.180. The quantitative estimate of drug-likeness (QED) is 0.704. The van der Waals surface area contributed by atoms with Crippen molar-refractivity contribution in [3.05, 3.63) is 30.3 Å². The number of hydrogen-bond donors (Lipinski definition) is 0. The second-order valence-corrected chi connectivity index (χ2v) is 7.28. The van der Waals surface area contributed by atoms with Gasteiger partial charge < -0.3 is 0 Å². The number of rotatable bonds is 2. The van der Waals surface area contributed by atoms with E-state index in [-0.39, 0.29) is 0 Å². The van der Waals surface area contributed by atoms with Crippen LogP contribution in [0.25, 0.3) is 0 Å². The van der Waals surface area contributed by atoms with Crippen molar-refractivity contribution in [2.75, 3.05) is 7.11 Å². The van der Waals surface area contributed by atoms with E-state index in [4.69, 9.17) is 3.07 Å². The number of benzene rings is 1. The minimum absolute atomic E-state index is 1.03. The van der Waals surface area contributed by atoms with Gasteiger partial charge in [-0.15, -0.1) is 0 Å². The van der Waals surface area contributed by atoms with Gasteiger partial charge in [-0.25, -0.2) is 0 Å². The van der Waals surface area contributed by atoms with Crippen LogP contribution in [0.3, 0.4) is 0 Å². The fraction of sp³-hybridized carbons (Fsp3) is 0.125. The van der Waals surface area contributed by atoms with Gasteiger partial charge in [-0.05, 0) is 0 Å². The van der Waals surface area contributed by atoms with Crippen molar-refractivity contribution in [2.24, 2.45) is 0 Å². The summed E-state index contributed by atoms with van der Waals surface area (Å²) in [5.74, 6) is 0. The first-order valence-corrected chi connectivity index (χ1v) is 7.25. The molecular formula is C8H8O2Sn. The van der Waals surface area contributed by atoms with Crippen molar-refractivity contribution in [1.82, 2.24) is 0 Å². The van der Waals surface area contributed by atoms with Gasteiger partial charge >= 0.3 is 72.5 Å². The molecule has 1 aromatic rings. The number of hydrogen-bond acceptors (Lipinski definition) is 2. The summed E-state index contributed by atoms with van der Waals surface area (Å²) >= 11 is -2.40. The summed E-state index contributed by atoms with van der Waals surface area (Å²) in [5.41, 5.74) is 0. The molecule has 0 radical (unpaired) electrons. The van der Waals surface area contributed by atoms with Crippen molar-refractivity contribution in [2.45, 2.75) is 0 Å². The van der Waals surface area contributed by atoms with Gasteiger partial charge in [0, 0.05) is 0 Å². The zero-order chi connectivity index (χ0) is 8.10. The van der Waals surface area contributed by atoms with Gasteiger partial charge in [0.2, 0.25) is 0 Å². The first-order valence-electron chi connectivity index (χ1n) is 3.23. The normalized spacial score (nSPS) is 8.82. The topological polar surface area (TPSA) is 26.3 Å². The molecule has 1 rings (SSSR count). The molecule has 0 spiro atoms. The molecule has 0 bridgehead atoms. The van der Waals surface area contributed by atoms with Gasteiger partial charge in [0.1, 0.15) is 0 Å². The average Bonchev–Trinajstić information content (AvgIpc) is 2.09. The Morgan fingerprint density at radius 1 is 1.36 bits per heavy atom. The van der Waals surface area contributed by atoms with Crippen LogP contribution in [0.4, 0.5) is 0 Å². The van der Waals surface area contributed by atoms with Gasteiger partial charge in [0.25, 0.3) is 0 Å². The van der Waals surface area contributed by atoms with Crippen molar-refractivity contribution in [1.29, 1.82) is 0 Å². The third-order valence-electron chi connectivity index (χ3n) is 1.33. The molecule has 0 amide bonds. The van der Waals surface area contributed by atoms with Crippen molar-refractivity contribution in [3.8, 4) is 0 Å². The van der Waals surface area contributed by atoms with Gasteiger partial charge in [0.05, 0.1) is 0 Å². The van der Waals surface area contributed by atoms with Crippen LogP contribution in [0.15, 0.2) is 30.3 Å². The Bertz CT molecular complexity index is 275. The van der Waals surface area contributed by atoms with E-state index in [9.17, 15) is 4.79 Å². The summed E-state index contributed by atoms with van der Waals surface area (Å²) in [5, 5.41) is 0. The summed E-state index contributed by atoms with van der Waals surface area (Å²) in [6.45, 7) is 0. The molecule has 0 aliphatic rings. The van der Waals surface area contributed by atoms with Crippen LogP contribution in [0.1, 0.15) is 0 Å². The third kappa shape index (κ3) is 2.26. The molecule has 0 fully saturated rings. The van der Waals surface area contributed by atoms with E-state index in [2.05, 4.69) is 0 Å². The molecule has 11 heavy (non-hydrogen) atoms. The third-order valence-corrected chi connectivity index (χ3v) is 5.48. The first-order chi connectivity index (χ1) is 5.38. The summed E-state index contributed by atoms with van der Waals surface area (Å²) in [4.78, 5) is 10.4. The molecule has 0 aromatic heterocycles. The maximum absolute atomic E-state index is 10.4. The molecule has 0 aliphatic heterocycles. The van der Waals surface area contributed by atoms with Crippen LogP contribution in [0.5, 0.6) is 0 Å². The molecule has 0 saturated carbocycles. The minimum atomic E-state index is -2.40. The molecule has 0 unspecified atom stereocenters. The van der Waals surface area contributed by atoms with E-state index >= 15 is 0 Å². The monoisotopic (exact) mass is 256 g/mol.